The van der Waals surface area contributed by atoms with E-state index in [2.05, 4.69) is 24.1 Å². The molecule has 1 fully saturated rings. The van der Waals surface area contributed by atoms with E-state index in [9.17, 15) is 14.7 Å². The Morgan fingerprint density at radius 1 is 0.745 bits per heavy atom. The maximum absolute atomic E-state index is 12.3. The van der Waals surface area contributed by atoms with Gasteiger partial charge in [0.1, 0.15) is 0 Å². The van der Waals surface area contributed by atoms with E-state index in [0.29, 0.717) is 12.1 Å². The molecule has 1 aliphatic heterocycles. The summed E-state index contributed by atoms with van der Waals surface area (Å²) in [6.07, 6.45) is 15.9. The predicted octanol–water partition coefficient (Wildman–Crippen LogP) is 8.94. The van der Waals surface area contributed by atoms with E-state index in [1.807, 2.05) is 48.5 Å². The van der Waals surface area contributed by atoms with Crippen LogP contribution in [0.2, 0.25) is 0 Å². The molecular weight excluding hydrogens is 592 g/mol. The van der Waals surface area contributed by atoms with E-state index in [1.54, 1.807) is 0 Å². The predicted molar refractivity (Wildman–Crippen MR) is 188 cm³/mol. The summed E-state index contributed by atoms with van der Waals surface area (Å²) in [4.78, 5) is 25.7. The van der Waals surface area contributed by atoms with Crippen LogP contribution in [-0.4, -0.2) is 52.7 Å². The van der Waals surface area contributed by atoms with Crippen molar-refractivity contribution in [3.05, 3.63) is 65.2 Å². The minimum absolute atomic E-state index is 0.00839. The van der Waals surface area contributed by atoms with Crippen LogP contribution in [-0.2, 0) is 25.7 Å². The number of aliphatic carboxylic acids is 1. The van der Waals surface area contributed by atoms with Crippen molar-refractivity contribution in [3.8, 4) is 0 Å². The number of carbonyl (C=O) groups excluding carboxylic acids is 1. The summed E-state index contributed by atoms with van der Waals surface area (Å²) in [6, 6.07) is 15.5. The third-order valence-corrected chi connectivity index (χ3v) is 8.99. The van der Waals surface area contributed by atoms with E-state index in [1.165, 1.54) is 77.0 Å². The number of benzene rings is 2. The second kappa shape index (κ2) is 22.7. The van der Waals surface area contributed by atoms with Crippen LogP contribution >= 0.6 is 0 Å². The van der Waals surface area contributed by atoms with Crippen LogP contribution in [0.3, 0.4) is 0 Å². The molecule has 0 bridgehead atoms. The first-order valence-corrected chi connectivity index (χ1v) is 18.3. The maximum atomic E-state index is 12.3. The second-order valence-electron chi connectivity index (χ2n) is 13.1. The number of nitrogens with one attached hydrogen (secondary N) is 1. The number of amides is 1. The molecule has 3 atom stereocenters. The molecule has 0 spiro atoms. The zero-order valence-corrected chi connectivity index (χ0v) is 29.0. The lowest BCUT2D eigenvalue weighted by Gasteiger charge is -2.38. The first-order chi connectivity index (χ1) is 22.9. The summed E-state index contributed by atoms with van der Waals surface area (Å²) in [5.74, 6) is -1.10. The fourth-order valence-electron chi connectivity index (χ4n) is 6.19. The van der Waals surface area contributed by atoms with Crippen LogP contribution in [0.4, 0.5) is 5.69 Å². The number of carboxylic acids is 1. The molecule has 0 unspecified atom stereocenters. The molecule has 0 aliphatic carbocycles. The first-order valence-electron chi connectivity index (χ1n) is 18.3. The number of anilines is 1. The van der Waals surface area contributed by atoms with E-state index < -0.39 is 12.3 Å². The highest BCUT2D eigenvalue weighted by Crippen LogP contribution is 2.38. The molecule has 1 heterocycles. The van der Waals surface area contributed by atoms with Crippen LogP contribution in [0.5, 0.6) is 0 Å². The Labute approximate surface area is 283 Å². The van der Waals surface area contributed by atoms with Gasteiger partial charge in [0.05, 0.1) is 18.8 Å². The normalized spacial score (nSPS) is 18.0. The molecule has 1 aliphatic rings. The highest BCUT2D eigenvalue weighted by atomic mass is 16.7. The van der Waals surface area contributed by atoms with Gasteiger partial charge in [0.25, 0.3) is 0 Å². The summed E-state index contributed by atoms with van der Waals surface area (Å²) in [5, 5.41) is 21.3. The van der Waals surface area contributed by atoms with Gasteiger partial charge < -0.3 is 29.9 Å². The lowest BCUT2D eigenvalue weighted by molar-refractivity contribution is -0.253. The van der Waals surface area contributed by atoms with E-state index in [-0.39, 0.29) is 37.6 Å². The number of ether oxygens (including phenoxy) is 2. The lowest BCUT2D eigenvalue weighted by atomic mass is 9.99. The molecule has 8 heteroatoms. The fraction of sp³-hybridized carbons (Fsp3) is 0.641. The van der Waals surface area contributed by atoms with Crippen molar-refractivity contribution in [1.82, 2.24) is 4.90 Å². The van der Waals surface area contributed by atoms with Crippen molar-refractivity contribution in [3.63, 3.8) is 0 Å². The van der Waals surface area contributed by atoms with Gasteiger partial charge in [0.15, 0.2) is 6.29 Å². The van der Waals surface area contributed by atoms with Gasteiger partial charge in [-0.2, -0.15) is 0 Å². The summed E-state index contributed by atoms with van der Waals surface area (Å²) in [6.45, 7) is 7.56. The number of aliphatic hydroxyl groups is 1. The van der Waals surface area contributed by atoms with Crippen molar-refractivity contribution in [2.24, 2.45) is 0 Å². The zero-order chi connectivity index (χ0) is 33.7. The van der Waals surface area contributed by atoms with Gasteiger partial charge in [-0.25, -0.2) is 0 Å². The number of unbranched alkanes of at least 4 members (excludes halogenated alkanes) is 10. The van der Waals surface area contributed by atoms with Crippen LogP contribution in [0.15, 0.2) is 48.5 Å². The van der Waals surface area contributed by atoms with E-state index >= 15 is 0 Å². The van der Waals surface area contributed by atoms with Crippen molar-refractivity contribution >= 4 is 17.6 Å². The molecule has 2 aromatic rings. The number of rotatable bonds is 24. The van der Waals surface area contributed by atoms with Crippen molar-refractivity contribution in [2.75, 3.05) is 25.0 Å². The third-order valence-electron chi connectivity index (χ3n) is 8.99. The van der Waals surface area contributed by atoms with Gasteiger partial charge in [-0.1, -0.05) is 114 Å². The molecule has 8 nitrogen and oxygen atoms in total. The van der Waals surface area contributed by atoms with Crippen molar-refractivity contribution in [2.45, 2.75) is 142 Å². The highest BCUT2D eigenvalue weighted by molar-refractivity contribution is 5.90. The van der Waals surface area contributed by atoms with Gasteiger partial charge in [-0.3, -0.25) is 9.59 Å². The van der Waals surface area contributed by atoms with Gasteiger partial charge >= 0.3 is 5.97 Å². The zero-order valence-electron chi connectivity index (χ0n) is 29.0. The second-order valence-corrected chi connectivity index (χ2v) is 13.1. The topological polar surface area (TPSA) is 108 Å². The van der Waals surface area contributed by atoms with Crippen molar-refractivity contribution < 1.29 is 29.3 Å². The molecule has 262 valence electrons. The Morgan fingerprint density at radius 2 is 1.32 bits per heavy atom. The number of aliphatic hydroxyl groups excluding tert-OH is 1. The molecule has 0 saturated carbocycles. The highest BCUT2D eigenvalue weighted by Gasteiger charge is 2.33. The number of nitrogens with zero attached hydrogens (tertiary/aromatic N) is 1. The molecular formula is C39H60N2O6. The van der Waals surface area contributed by atoms with Gasteiger partial charge in [0.2, 0.25) is 5.91 Å². The Morgan fingerprint density at radius 3 is 1.89 bits per heavy atom. The molecule has 0 radical (unpaired) electrons. The Hall–Kier alpha value is -2.78. The number of hydrogen-bond donors (Lipinski definition) is 3. The Bertz CT molecular complexity index is 1120. The van der Waals surface area contributed by atoms with Crippen LogP contribution < -0.4 is 5.32 Å². The fourth-order valence-corrected chi connectivity index (χ4v) is 6.19. The minimum atomic E-state index is -0.900. The van der Waals surface area contributed by atoms with E-state index in [4.69, 9.17) is 14.6 Å². The summed E-state index contributed by atoms with van der Waals surface area (Å²) >= 11 is 0. The molecule has 1 amide bonds. The Balaban J connectivity index is 1.69. The number of carbonyl (C=O) groups is 2. The molecule has 0 aromatic heterocycles. The Kier molecular flexibility index (Phi) is 18.7. The monoisotopic (exact) mass is 652 g/mol. The molecule has 47 heavy (non-hydrogen) atoms. The lowest BCUT2D eigenvalue weighted by Crippen LogP contribution is -2.40. The average Bonchev–Trinajstić information content (AvgIpc) is 3.07. The van der Waals surface area contributed by atoms with Crippen molar-refractivity contribution in [1.29, 1.82) is 0 Å². The summed E-state index contributed by atoms with van der Waals surface area (Å²) in [7, 11) is 0. The van der Waals surface area contributed by atoms with Gasteiger partial charge in [-0.05, 0) is 55.6 Å². The minimum Gasteiger partial charge on any atom is -0.481 e. The summed E-state index contributed by atoms with van der Waals surface area (Å²) < 4.78 is 13.2. The van der Waals surface area contributed by atoms with E-state index in [0.717, 1.165) is 42.7 Å². The van der Waals surface area contributed by atoms with Gasteiger partial charge in [0, 0.05) is 37.1 Å². The molecule has 3 rings (SSSR count). The molecule has 2 aromatic carbocycles. The van der Waals surface area contributed by atoms with Crippen LogP contribution in [0.1, 0.15) is 146 Å². The average molecular weight is 653 g/mol. The first kappa shape index (κ1) is 38.7. The molecule has 3 N–H and O–H groups in total. The SMILES string of the molecule is CCCCCCCCN(CCCCCCCC)C[C@H]1C[C@@H](c2ccc(CO)cc2)O[C@@H](c2ccc(NC(=O)CCCC(=O)O)cc2)O1. The maximum Gasteiger partial charge on any atom is 0.303 e. The van der Waals surface area contributed by atoms with Crippen LogP contribution in [0.25, 0.3) is 0 Å². The number of hydrogen-bond acceptors (Lipinski definition) is 6. The van der Waals surface area contributed by atoms with Crippen LogP contribution in [0, 0.1) is 0 Å². The number of carboxylic acid groups (broad SMARTS) is 1. The largest absolute Gasteiger partial charge is 0.481 e. The smallest absolute Gasteiger partial charge is 0.303 e. The quantitative estimate of drug-likeness (QED) is 0.0972. The standard InChI is InChI=1S/C39H60N2O6/c1-3-5-7-9-11-13-26-41(27-14-12-10-8-6-4-2)29-35-28-36(32-20-18-31(30-42)19-21-32)47-39(46-35)33-22-24-34(25-23-33)40-37(43)16-15-17-38(44)45/h18-25,35-36,39,42H,3-17,26-30H2,1-2H3,(H,40,43)(H,44,45)/t35-,36+,39+/m1/s1. The van der Waals surface area contributed by atoms with Gasteiger partial charge in [-0.15, -0.1) is 0 Å². The summed E-state index contributed by atoms with van der Waals surface area (Å²) in [5.41, 5.74) is 3.48. The molecule has 1 saturated heterocycles. The third kappa shape index (κ3) is 15.3.